The summed E-state index contributed by atoms with van der Waals surface area (Å²) in [4.78, 5) is 0. The highest BCUT2D eigenvalue weighted by Crippen LogP contribution is 2.27. The van der Waals surface area contributed by atoms with E-state index in [0.717, 1.165) is 11.8 Å². The molecule has 2 N–H and O–H groups in total. The molecule has 1 aliphatic heterocycles. The number of hydrogen-bond acceptors (Lipinski definition) is 2. The Kier molecular flexibility index (Phi) is 2.55. The van der Waals surface area contributed by atoms with Crippen molar-refractivity contribution in [1.82, 2.24) is 10.9 Å². The third-order valence-corrected chi connectivity index (χ3v) is 1.99. The van der Waals surface area contributed by atoms with Gasteiger partial charge in [-0.3, -0.25) is 0 Å². The molecule has 0 amide bonds. The number of hydrogen-bond donors (Lipinski definition) is 2. The molecule has 0 unspecified atom stereocenters. The molecule has 0 bridgehead atoms. The zero-order valence-corrected chi connectivity index (χ0v) is 8.07. The van der Waals surface area contributed by atoms with Gasteiger partial charge in [0, 0.05) is 0 Å². The molecule has 1 saturated heterocycles. The second-order valence-corrected chi connectivity index (χ2v) is 4.53. The van der Waals surface area contributed by atoms with Crippen LogP contribution >= 0.6 is 0 Å². The van der Waals surface area contributed by atoms with E-state index in [1.807, 2.05) is 0 Å². The second-order valence-electron chi connectivity index (χ2n) is 4.53. The van der Waals surface area contributed by atoms with Crippen LogP contribution < -0.4 is 10.9 Å². The molecule has 1 aliphatic rings. The normalized spacial score (nSPS) is 21.3. The molecule has 0 aromatic carbocycles. The van der Waals surface area contributed by atoms with Gasteiger partial charge < -0.3 is 0 Å². The third-order valence-electron chi connectivity index (χ3n) is 1.99. The highest BCUT2D eigenvalue weighted by Gasteiger charge is 2.41. The lowest BCUT2D eigenvalue weighted by molar-refractivity contribution is 0.381. The van der Waals surface area contributed by atoms with E-state index in [1.165, 1.54) is 12.8 Å². The fourth-order valence-corrected chi connectivity index (χ4v) is 1.77. The van der Waals surface area contributed by atoms with Crippen molar-refractivity contribution in [1.29, 1.82) is 0 Å². The second kappa shape index (κ2) is 3.11. The van der Waals surface area contributed by atoms with E-state index in [0.29, 0.717) is 5.66 Å². The molecular weight excluding hydrogens is 136 g/mol. The van der Waals surface area contributed by atoms with E-state index in [4.69, 9.17) is 0 Å². The van der Waals surface area contributed by atoms with Gasteiger partial charge in [-0.2, -0.15) is 0 Å². The number of nitrogens with one attached hydrogen (secondary N) is 2. The first kappa shape index (κ1) is 9.01. The van der Waals surface area contributed by atoms with E-state index in [2.05, 4.69) is 38.5 Å². The maximum Gasteiger partial charge on any atom is 0.0948 e. The summed E-state index contributed by atoms with van der Waals surface area (Å²) in [5.41, 5.74) is 6.82. The van der Waals surface area contributed by atoms with Gasteiger partial charge in [0.1, 0.15) is 0 Å². The van der Waals surface area contributed by atoms with Crippen LogP contribution in [0.25, 0.3) is 0 Å². The van der Waals surface area contributed by atoms with Crippen molar-refractivity contribution in [2.75, 3.05) is 0 Å². The summed E-state index contributed by atoms with van der Waals surface area (Å²) >= 11 is 0. The van der Waals surface area contributed by atoms with Gasteiger partial charge >= 0.3 is 0 Å². The van der Waals surface area contributed by atoms with Crippen LogP contribution in [0.1, 0.15) is 40.5 Å². The van der Waals surface area contributed by atoms with Crippen LogP contribution in [-0.4, -0.2) is 5.66 Å². The molecule has 1 rings (SSSR count). The topological polar surface area (TPSA) is 43.9 Å². The molecule has 0 spiro atoms. The van der Waals surface area contributed by atoms with Crippen LogP contribution in [0.4, 0.5) is 0 Å². The molecule has 0 aromatic rings. The molecular formula is C9H20N2. The minimum atomic E-state index is 0.294. The maximum atomic E-state index is 3.26. The van der Waals surface area contributed by atoms with Gasteiger partial charge in [-0.1, -0.05) is 27.7 Å². The maximum absolute atomic E-state index is 3.26. The molecule has 0 aromatic heterocycles. The minimum absolute atomic E-state index is 0.294. The quantitative estimate of drug-likeness (QED) is 0.610. The Bertz CT molecular complexity index is 114. The zero-order chi connectivity index (χ0) is 8.48. The van der Waals surface area contributed by atoms with Crippen molar-refractivity contribution in [2.24, 2.45) is 11.8 Å². The van der Waals surface area contributed by atoms with Crippen LogP contribution in [-0.2, 0) is 0 Å². The lowest BCUT2D eigenvalue weighted by Crippen LogP contribution is -2.22. The smallest absolute Gasteiger partial charge is 0.0948 e. The van der Waals surface area contributed by atoms with Gasteiger partial charge in [-0.25, -0.2) is 10.9 Å². The first-order chi connectivity index (χ1) is 5.04. The molecule has 0 atom stereocenters. The van der Waals surface area contributed by atoms with Crippen molar-refractivity contribution in [3.05, 3.63) is 0 Å². The summed E-state index contributed by atoms with van der Waals surface area (Å²) in [6.45, 7) is 9.07. The summed E-state index contributed by atoms with van der Waals surface area (Å²) in [5.74, 6) is 1.55. The van der Waals surface area contributed by atoms with Crippen LogP contribution in [0.15, 0.2) is 0 Å². The summed E-state index contributed by atoms with van der Waals surface area (Å²) in [6.07, 6.45) is 2.48. The monoisotopic (exact) mass is 156 g/mol. The van der Waals surface area contributed by atoms with Crippen molar-refractivity contribution < 1.29 is 0 Å². The molecule has 0 saturated carbocycles. The predicted octanol–water partition coefficient (Wildman–Crippen LogP) is 1.88. The van der Waals surface area contributed by atoms with E-state index in [1.54, 1.807) is 0 Å². The van der Waals surface area contributed by atoms with Crippen molar-refractivity contribution >= 4 is 0 Å². The van der Waals surface area contributed by atoms with Gasteiger partial charge in [-0.05, 0) is 24.7 Å². The Morgan fingerprint density at radius 3 is 1.45 bits per heavy atom. The van der Waals surface area contributed by atoms with Crippen LogP contribution in [0.5, 0.6) is 0 Å². The van der Waals surface area contributed by atoms with Crippen molar-refractivity contribution in [3.63, 3.8) is 0 Å². The molecule has 0 aliphatic carbocycles. The Morgan fingerprint density at radius 2 is 1.27 bits per heavy atom. The average Bonchev–Trinajstić information content (AvgIpc) is 2.43. The lowest BCUT2D eigenvalue weighted by atomic mass is 9.93. The Hall–Kier alpha value is -0.0800. The number of hydrazine groups is 1. The largest absolute Gasteiger partial charge is 0.235 e. The van der Waals surface area contributed by atoms with Crippen LogP contribution in [0.2, 0.25) is 0 Å². The first-order valence-electron chi connectivity index (χ1n) is 4.58. The molecule has 11 heavy (non-hydrogen) atoms. The van der Waals surface area contributed by atoms with E-state index < -0.39 is 0 Å². The third kappa shape index (κ3) is 2.80. The van der Waals surface area contributed by atoms with Gasteiger partial charge in [0.25, 0.3) is 0 Å². The van der Waals surface area contributed by atoms with Crippen LogP contribution in [0, 0.1) is 11.8 Å². The Morgan fingerprint density at radius 1 is 0.909 bits per heavy atom. The Labute approximate surface area is 69.7 Å². The van der Waals surface area contributed by atoms with Gasteiger partial charge in [0.2, 0.25) is 0 Å². The average molecular weight is 156 g/mol. The predicted molar refractivity (Wildman–Crippen MR) is 47.9 cm³/mol. The summed E-state index contributed by atoms with van der Waals surface area (Å²) in [7, 11) is 0. The first-order valence-corrected chi connectivity index (χ1v) is 4.58. The fourth-order valence-electron chi connectivity index (χ4n) is 1.77. The summed E-state index contributed by atoms with van der Waals surface area (Å²) in [6, 6.07) is 0. The van der Waals surface area contributed by atoms with Gasteiger partial charge in [0.15, 0.2) is 0 Å². The highest BCUT2D eigenvalue weighted by atomic mass is 15.7. The fraction of sp³-hybridized carbons (Fsp3) is 1.00. The molecule has 2 heteroatoms. The number of rotatable bonds is 4. The molecule has 66 valence electrons. The highest BCUT2D eigenvalue weighted by molar-refractivity contribution is 4.95. The standard InChI is InChI=1S/C9H20N2/c1-7(2)5-9(10-11-9)6-8(3)4/h7-8,10-11H,5-6H2,1-4H3. The van der Waals surface area contributed by atoms with Gasteiger partial charge in [-0.15, -0.1) is 0 Å². The molecule has 0 radical (unpaired) electrons. The van der Waals surface area contributed by atoms with Crippen molar-refractivity contribution in [2.45, 2.75) is 46.2 Å². The summed E-state index contributed by atoms with van der Waals surface area (Å²) in [5, 5.41) is 0. The summed E-state index contributed by atoms with van der Waals surface area (Å²) < 4.78 is 0. The zero-order valence-electron chi connectivity index (χ0n) is 8.07. The van der Waals surface area contributed by atoms with Crippen LogP contribution in [0.3, 0.4) is 0 Å². The van der Waals surface area contributed by atoms with Crippen molar-refractivity contribution in [3.8, 4) is 0 Å². The molecule has 1 fully saturated rings. The van der Waals surface area contributed by atoms with E-state index in [-0.39, 0.29) is 0 Å². The lowest BCUT2D eigenvalue weighted by Gasteiger charge is -2.16. The van der Waals surface area contributed by atoms with E-state index >= 15 is 0 Å². The molecule has 2 nitrogen and oxygen atoms in total. The molecule has 1 heterocycles. The Balaban J connectivity index is 2.29. The SMILES string of the molecule is CC(C)CC1(CC(C)C)NN1. The van der Waals surface area contributed by atoms with E-state index in [9.17, 15) is 0 Å². The minimum Gasteiger partial charge on any atom is -0.235 e. The van der Waals surface area contributed by atoms with Gasteiger partial charge in [0.05, 0.1) is 5.66 Å².